The van der Waals surface area contributed by atoms with Gasteiger partial charge in [-0.3, -0.25) is 4.79 Å². The van der Waals surface area contributed by atoms with Crippen LogP contribution in [-0.2, 0) is 4.79 Å². The molecular formula is C17H10ClFN2OS2. The van der Waals surface area contributed by atoms with Crippen LogP contribution in [0.1, 0.15) is 11.1 Å². The van der Waals surface area contributed by atoms with Crippen molar-refractivity contribution in [1.82, 2.24) is 5.01 Å². The predicted molar refractivity (Wildman–Crippen MR) is 100 cm³/mol. The lowest BCUT2D eigenvalue weighted by Gasteiger charge is -2.06. The third kappa shape index (κ3) is 3.72. The van der Waals surface area contributed by atoms with E-state index >= 15 is 0 Å². The summed E-state index contributed by atoms with van der Waals surface area (Å²) in [6, 6.07) is 13.2. The van der Waals surface area contributed by atoms with Crippen molar-refractivity contribution in [3.05, 3.63) is 75.4 Å². The van der Waals surface area contributed by atoms with Crippen LogP contribution >= 0.6 is 35.6 Å². The van der Waals surface area contributed by atoms with Crippen molar-refractivity contribution in [2.45, 2.75) is 0 Å². The minimum atomic E-state index is -0.396. The zero-order valence-electron chi connectivity index (χ0n) is 12.1. The summed E-state index contributed by atoms with van der Waals surface area (Å²) in [7, 11) is 0. The predicted octanol–water partition coefficient (Wildman–Crippen LogP) is 4.71. The lowest BCUT2D eigenvalue weighted by atomic mass is 10.2. The van der Waals surface area contributed by atoms with Crippen LogP contribution in [0.15, 0.2) is 58.5 Å². The second-order valence-corrected chi connectivity index (χ2v) is 6.92. The maximum absolute atomic E-state index is 13.7. The number of benzene rings is 2. The van der Waals surface area contributed by atoms with E-state index in [9.17, 15) is 9.18 Å². The van der Waals surface area contributed by atoms with Crippen LogP contribution in [-0.4, -0.2) is 21.5 Å². The quantitative estimate of drug-likeness (QED) is 0.441. The molecule has 120 valence electrons. The Hall–Kier alpha value is -2.02. The van der Waals surface area contributed by atoms with Crippen LogP contribution in [0, 0.1) is 5.82 Å². The van der Waals surface area contributed by atoms with Crippen molar-refractivity contribution in [1.29, 1.82) is 0 Å². The molecular weight excluding hydrogens is 367 g/mol. The topological polar surface area (TPSA) is 32.7 Å². The first kappa shape index (κ1) is 16.8. The minimum absolute atomic E-state index is 0.299. The van der Waals surface area contributed by atoms with Gasteiger partial charge in [0.1, 0.15) is 5.82 Å². The highest BCUT2D eigenvalue weighted by Gasteiger charge is 2.32. The number of amides is 1. The van der Waals surface area contributed by atoms with E-state index in [2.05, 4.69) is 5.10 Å². The molecule has 0 atom stereocenters. The zero-order chi connectivity index (χ0) is 17.1. The Morgan fingerprint density at radius 1 is 1.17 bits per heavy atom. The van der Waals surface area contributed by atoms with Crippen LogP contribution in [0.3, 0.4) is 0 Å². The van der Waals surface area contributed by atoms with Crippen LogP contribution in [0.2, 0.25) is 5.02 Å². The average Bonchev–Trinajstić information content (AvgIpc) is 2.83. The fraction of sp³-hybridized carbons (Fsp3) is 0. The summed E-state index contributed by atoms with van der Waals surface area (Å²) in [5.74, 6) is -0.772. The van der Waals surface area contributed by atoms with Crippen LogP contribution in [0.25, 0.3) is 6.08 Å². The van der Waals surface area contributed by atoms with E-state index in [4.69, 9.17) is 23.8 Å². The van der Waals surface area contributed by atoms with Crippen molar-refractivity contribution in [2.24, 2.45) is 5.10 Å². The van der Waals surface area contributed by atoms with Gasteiger partial charge in [-0.25, -0.2) is 4.39 Å². The van der Waals surface area contributed by atoms with Gasteiger partial charge in [-0.2, -0.15) is 10.1 Å². The molecule has 0 aliphatic carbocycles. The number of thiocarbonyl (C=S) groups is 1. The summed E-state index contributed by atoms with van der Waals surface area (Å²) < 4.78 is 14.0. The maximum atomic E-state index is 13.7. The summed E-state index contributed by atoms with van der Waals surface area (Å²) >= 11 is 12.1. The molecule has 2 aromatic carbocycles. The van der Waals surface area contributed by atoms with Crippen LogP contribution < -0.4 is 0 Å². The minimum Gasteiger partial charge on any atom is -0.266 e. The first-order valence-corrected chi connectivity index (χ1v) is 8.47. The summed E-state index contributed by atoms with van der Waals surface area (Å²) in [6.07, 6.45) is 3.00. The molecule has 1 heterocycles. The van der Waals surface area contributed by atoms with Crippen molar-refractivity contribution in [2.75, 3.05) is 0 Å². The Bertz CT molecular complexity index is 865. The second-order valence-electron chi connectivity index (χ2n) is 4.81. The maximum Gasteiger partial charge on any atom is 0.286 e. The molecule has 3 rings (SSSR count). The van der Waals surface area contributed by atoms with Crippen LogP contribution in [0.4, 0.5) is 4.39 Å². The summed E-state index contributed by atoms with van der Waals surface area (Å²) in [5, 5.41) is 5.86. The molecule has 0 aromatic heterocycles. The number of hydrazone groups is 1. The highest BCUT2D eigenvalue weighted by Crippen LogP contribution is 2.33. The first-order valence-electron chi connectivity index (χ1n) is 6.86. The lowest BCUT2D eigenvalue weighted by molar-refractivity contribution is -0.122. The molecule has 0 N–H and O–H groups in total. The van der Waals surface area contributed by atoms with Gasteiger partial charge in [0.15, 0.2) is 4.32 Å². The molecule has 3 nitrogen and oxygen atoms in total. The lowest BCUT2D eigenvalue weighted by Crippen LogP contribution is -2.22. The molecule has 0 bridgehead atoms. The molecule has 0 radical (unpaired) electrons. The van der Waals surface area contributed by atoms with Crippen molar-refractivity contribution in [3.8, 4) is 0 Å². The summed E-state index contributed by atoms with van der Waals surface area (Å²) in [5.41, 5.74) is 1.12. The Kier molecular flexibility index (Phi) is 5.08. The highest BCUT2D eigenvalue weighted by atomic mass is 35.5. The summed E-state index contributed by atoms with van der Waals surface area (Å²) in [6.45, 7) is 0. The number of rotatable bonds is 3. The molecule has 0 unspecified atom stereocenters. The van der Waals surface area contributed by atoms with Crippen molar-refractivity contribution >= 4 is 58.1 Å². The number of hydrogen-bond acceptors (Lipinski definition) is 4. The zero-order valence-corrected chi connectivity index (χ0v) is 14.5. The van der Waals surface area contributed by atoms with Gasteiger partial charge in [-0.15, -0.1) is 0 Å². The van der Waals surface area contributed by atoms with E-state index in [0.717, 1.165) is 22.3 Å². The number of hydrogen-bond donors (Lipinski definition) is 0. The van der Waals surface area contributed by atoms with Gasteiger partial charge >= 0.3 is 0 Å². The smallest absolute Gasteiger partial charge is 0.266 e. The van der Waals surface area contributed by atoms with E-state index in [-0.39, 0.29) is 5.91 Å². The fourth-order valence-corrected chi connectivity index (χ4v) is 3.26. The number of halogens is 2. The second kappa shape index (κ2) is 7.25. The van der Waals surface area contributed by atoms with Gasteiger partial charge in [0, 0.05) is 10.6 Å². The molecule has 7 heteroatoms. The molecule has 1 aliphatic rings. The SMILES string of the molecule is O=C1/C(=C\c2ccccc2F)SC(=S)N1/N=C/c1ccc(Cl)cc1. The Balaban J connectivity index is 1.82. The van der Waals surface area contributed by atoms with Crippen LogP contribution in [0.5, 0.6) is 0 Å². The van der Waals surface area contributed by atoms with Gasteiger partial charge < -0.3 is 0 Å². The molecule has 1 amide bonds. The molecule has 2 aromatic rings. The molecule has 1 saturated heterocycles. The average molecular weight is 377 g/mol. The Morgan fingerprint density at radius 2 is 1.88 bits per heavy atom. The largest absolute Gasteiger partial charge is 0.286 e. The van der Waals surface area contributed by atoms with Gasteiger partial charge in [0.05, 0.1) is 11.1 Å². The van der Waals surface area contributed by atoms with E-state index in [0.29, 0.717) is 19.8 Å². The molecule has 0 spiro atoms. The standard InChI is InChI=1S/C17H10ClFN2OS2/c18-13-7-5-11(6-8-13)10-20-21-16(22)15(24-17(21)23)9-12-3-1-2-4-14(12)19/h1-10H/b15-9+,20-10+. The third-order valence-electron chi connectivity index (χ3n) is 3.16. The summed E-state index contributed by atoms with van der Waals surface area (Å²) in [4.78, 5) is 12.7. The van der Waals surface area contributed by atoms with Gasteiger partial charge in [-0.05, 0) is 42.1 Å². The molecule has 0 saturated carbocycles. The van der Waals surface area contributed by atoms with Gasteiger partial charge in [0.2, 0.25) is 0 Å². The van der Waals surface area contributed by atoms with Crippen molar-refractivity contribution in [3.63, 3.8) is 0 Å². The van der Waals surface area contributed by atoms with Crippen molar-refractivity contribution < 1.29 is 9.18 Å². The van der Waals surface area contributed by atoms with Gasteiger partial charge in [0.25, 0.3) is 5.91 Å². The highest BCUT2D eigenvalue weighted by molar-refractivity contribution is 8.26. The Labute approximate surface area is 152 Å². The molecule has 1 fully saturated rings. The first-order chi connectivity index (χ1) is 11.5. The molecule has 1 aliphatic heterocycles. The number of carbonyl (C=O) groups is 1. The fourth-order valence-electron chi connectivity index (χ4n) is 1.97. The van der Waals surface area contributed by atoms with E-state index in [1.165, 1.54) is 18.4 Å². The third-order valence-corrected chi connectivity index (χ3v) is 4.69. The molecule has 24 heavy (non-hydrogen) atoms. The number of nitrogens with zero attached hydrogens (tertiary/aromatic N) is 2. The Morgan fingerprint density at radius 3 is 2.58 bits per heavy atom. The number of carbonyl (C=O) groups excluding carboxylic acids is 1. The van der Waals surface area contributed by atoms with E-state index in [1.807, 2.05) is 0 Å². The van der Waals surface area contributed by atoms with E-state index < -0.39 is 5.82 Å². The monoisotopic (exact) mass is 376 g/mol. The van der Waals surface area contributed by atoms with E-state index in [1.54, 1.807) is 42.5 Å². The van der Waals surface area contributed by atoms with Gasteiger partial charge in [-0.1, -0.05) is 53.7 Å². The number of thioether (sulfide) groups is 1. The normalized spacial score (nSPS) is 16.6.